The van der Waals surface area contributed by atoms with E-state index in [-0.39, 0.29) is 0 Å². The van der Waals surface area contributed by atoms with Gasteiger partial charge < -0.3 is 4.74 Å². The summed E-state index contributed by atoms with van der Waals surface area (Å²) in [4.78, 5) is 0. The van der Waals surface area contributed by atoms with Crippen molar-refractivity contribution in [2.24, 2.45) is 0 Å². The molecule has 0 aromatic carbocycles. The van der Waals surface area contributed by atoms with Crippen LogP contribution in [0.2, 0.25) is 0 Å². The first-order chi connectivity index (χ1) is 4.75. The molecule has 1 nitrogen and oxygen atoms in total. The summed E-state index contributed by atoms with van der Waals surface area (Å²) in [7, 11) is 1.72. The van der Waals surface area contributed by atoms with Crippen molar-refractivity contribution >= 4 is 11.3 Å². The van der Waals surface area contributed by atoms with E-state index in [4.69, 9.17) is 4.74 Å². The van der Waals surface area contributed by atoms with Gasteiger partial charge in [-0.1, -0.05) is 13.8 Å². The highest BCUT2D eigenvalue weighted by molar-refractivity contribution is 7.08. The standard InChI is InChI=1S/C8H12OS/c1-6(2)7-4-10-5-8(7)9-3/h4-6H,1-3H3. The highest BCUT2D eigenvalue weighted by atomic mass is 32.1. The van der Waals surface area contributed by atoms with Crippen LogP contribution in [0.3, 0.4) is 0 Å². The zero-order chi connectivity index (χ0) is 7.56. The molecule has 0 aliphatic carbocycles. The van der Waals surface area contributed by atoms with Crippen LogP contribution >= 0.6 is 11.3 Å². The van der Waals surface area contributed by atoms with E-state index >= 15 is 0 Å². The van der Waals surface area contributed by atoms with Gasteiger partial charge in [0.15, 0.2) is 0 Å². The van der Waals surface area contributed by atoms with Crippen LogP contribution < -0.4 is 4.74 Å². The highest BCUT2D eigenvalue weighted by Crippen LogP contribution is 2.29. The van der Waals surface area contributed by atoms with Gasteiger partial charge in [-0.3, -0.25) is 0 Å². The maximum atomic E-state index is 5.16. The number of hydrogen-bond donors (Lipinski definition) is 0. The Hall–Kier alpha value is -0.500. The minimum atomic E-state index is 0.571. The maximum Gasteiger partial charge on any atom is 0.132 e. The summed E-state index contributed by atoms with van der Waals surface area (Å²) in [5, 5.41) is 4.18. The van der Waals surface area contributed by atoms with Gasteiger partial charge in [0.2, 0.25) is 0 Å². The molecule has 0 atom stereocenters. The average Bonchev–Trinajstić information content (AvgIpc) is 2.33. The molecule has 1 heterocycles. The Kier molecular flexibility index (Phi) is 2.33. The molecule has 1 aromatic rings. The molecule has 0 radical (unpaired) electrons. The highest BCUT2D eigenvalue weighted by Gasteiger charge is 2.06. The molecular formula is C8H12OS. The van der Waals surface area contributed by atoms with Crippen LogP contribution in [0.5, 0.6) is 5.75 Å². The first kappa shape index (κ1) is 7.61. The van der Waals surface area contributed by atoms with E-state index in [1.165, 1.54) is 5.56 Å². The molecule has 0 amide bonds. The fraction of sp³-hybridized carbons (Fsp3) is 0.500. The van der Waals surface area contributed by atoms with Crippen LogP contribution in [-0.4, -0.2) is 7.11 Å². The van der Waals surface area contributed by atoms with Crippen molar-refractivity contribution in [2.75, 3.05) is 7.11 Å². The Morgan fingerprint density at radius 2 is 2.10 bits per heavy atom. The summed E-state index contributed by atoms with van der Waals surface area (Å²) >= 11 is 1.69. The van der Waals surface area contributed by atoms with Crippen LogP contribution in [0.1, 0.15) is 25.3 Å². The molecule has 2 heteroatoms. The molecule has 0 bridgehead atoms. The van der Waals surface area contributed by atoms with Crippen LogP contribution in [0.25, 0.3) is 0 Å². The number of thiophene rings is 1. The predicted molar refractivity (Wildman–Crippen MR) is 45.0 cm³/mol. The summed E-state index contributed by atoms with van der Waals surface area (Å²) in [6.07, 6.45) is 0. The Morgan fingerprint density at radius 1 is 1.40 bits per heavy atom. The monoisotopic (exact) mass is 156 g/mol. The van der Waals surface area contributed by atoms with E-state index in [1.807, 2.05) is 5.38 Å². The van der Waals surface area contributed by atoms with Crippen LogP contribution in [0.15, 0.2) is 10.8 Å². The first-order valence-electron chi connectivity index (χ1n) is 3.35. The van der Waals surface area contributed by atoms with Crippen molar-refractivity contribution in [1.82, 2.24) is 0 Å². The van der Waals surface area contributed by atoms with Crippen molar-refractivity contribution in [1.29, 1.82) is 0 Å². The lowest BCUT2D eigenvalue weighted by molar-refractivity contribution is 0.410. The van der Waals surface area contributed by atoms with Gasteiger partial charge in [-0.2, -0.15) is 0 Å². The number of hydrogen-bond acceptors (Lipinski definition) is 2. The molecule has 0 spiro atoms. The third-order valence-electron chi connectivity index (χ3n) is 1.50. The molecule has 0 unspecified atom stereocenters. The van der Waals surface area contributed by atoms with Gasteiger partial charge in [0, 0.05) is 10.9 Å². The quantitative estimate of drug-likeness (QED) is 0.639. The Morgan fingerprint density at radius 3 is 2.50 bits per heavy atom. The molecule has 1 rings (SSSR count). The van der Waals surface area contributed by atoms with E-state index in [9.17, 15) is 0 Å². The topological polar surface area (TPSA) is 9.23 Å². The fourth-order valence-electron chi connectivity index (χ4n) is 0.882. The van der Waals surface area contributed by atoms with Gasteiger partial charge in [0.1, 0.15) is 5.75 Å². The number of ether oxygens (including phenoxy) is 1. The fourth-order valence-corrected chi connectivity index (χ4v) is 1.84. The van der Waals surface area contributed by atoms with Crippen LogP contribution in [-0.2, 0) is 0 Å². The van der Waals surface area contributed by atoms with Crippen molar-refractivity contribution in [3.8, 4) is 5.75 Å². The average molecular weight is 156 g/mol. The van der Waals surface area contributed by atoms with Gasteiger partial charge in [0.05, 0.1) is 7.11 Å². The van der Waals surface area contributed by atoms with Crippen LogP contribution in [0, 0.1) is 0 Å². The Labute approximate surface area is 65.6 Å². The molecule has 56 valence electrons. The molecule has 1 aromatic heterocycles. The zero-order valence-electron chi connectivity index (χ0n) is 6.55. The normalized spacial score (nSPS) is 10.4. The van der Waals surface area contributed by atoms with E-state index in [1.54, 1.807) is 18.4 Å². The first-order valence-corrected chi connectivity index (χ1v) is 4.30. The van der Waals surface area contributed by atoms with Crippen molar-refractivity contribution in [3.05, 3.63) is 16.3 Å². The molecular weight excluding hydrogens is 144 g/mol. The zero-order valence-corrected chi connectivity index (χ0v) is 7.37. The molecule has 0 N–H and O–H groups in total. The van der Waals surface area contributed by atoms with Gasteiger partial charge in [-0.15, -0.1) is 11.3 Å². The third-order valence-corrected chi connectivity index (χ3v) is 2.24. The summed E-state index contributed by atoms with van der Waals surface area (Å²) in [5.74, 6) is 1.60. The second-order valence-electron chi connectivity index (χ2n) is 2.55. The molecule has 0 saturated carbocycles. The van der Waals surface area contributed by atoms with Gasteiger partial charge in [-0.05, 0) is 11.3 Å². The van der Waals surface area contributed by atoms with E-state index in [0.717, 1.165) is 5.75 Å². The molecule has 0 fully saturated rings. The Balaban J connectivity index is 2.90. The molecule has 0 saturated heterocycles. The second kappa shape index (κ2) is 3.06. The van der Waals surface area contributed by atoms with E-state index < -0.39 is 0 Å². The largest absolute Gasteiger partial charge is 0.496 e. The summed E-state index contributed by atoms with van der Waals surface area (Å²) in [6, 6.07) is 0. The van der Waals surface area contributed by atoms with Crippen LogP contribution in [0.4, 0.5) is 0 Å². The Bertz CT molecular complexity index is 203. The lowest BCUT2D eigenvalue weighted by Crippen LogP contribution is -1.88. The summed E-state index contributed by atoms with van der Waals surface area (Å²) < 4.78 is 5.16. The predicted octanol–water partition coefficient (Wildman–Crippen LogP) is 2.88. The van der Waals surface area contributed by atoms with Crippen molar-refractivity contribution in [2.45, 2.75) is 19.8 Å². The van der Waals surface area contributed by atoms with Gasteiger partial charge in [-0.25, -0.2) is 0 Å². The maximum absolute atomic E-state index is 5.16. The molecule has 10 heavy (non-hydrogen) atoms. The molecule has 0 aliphatic rings. The number of methoxy groups -OCH3 is 1. The van der Waals surface area contributed by atoms with E-state index in [2.05, 4.69) is 19.2 Å². The lowest BCUT2D eigenvalue weighted by atomic mass is 10.1. The second-order valence-corrected chi connectivity index (χ2v) is 3.29. The van der Waals surface area contributed by atoms with E-state index in [0.29, 0.717) is 5.92 Å². The summed E-state index contributed by atoms with van der Waals surface area (Å²) in [6.45, 7) is 4.34. The van der Waals surface area contributed by atoms with Gasteiger partial charge in [0.25, 0.3) is 0 Å². The number of rotatable bonds is 2. The lowest BCUT2D eigenvalue weighted by Gasteiger charge is -2.04. The van der Waals surface area contributed by atoms with Crippen molar-refractivity contribution in [3.63, 3.8) is 0 Å². The smallest absolute Gasteiger partial charge is 0.132 e. The summed E-state index contributed by atoms with van der Waals surface area (Å²) in [5.41, 5.74) is 1.31. The SMILES string of the molecule is COc1cscc1C(C)C. The van der Waals surface area contributed by atoms with Crippen molar-refractivity contribution < 1.29 is 4.74 Å². The minimum absolute atomic E-state index is 0.571. The minimum Gasteiger partial charge on any atom is -0.496 e. The third kappa shape index (κ3) is 1.32. The van der Waals surface area contributed by atoms with Gasteiger partial charge >= 0.3 is 0 Å². The molecule has 0 aliphatic heterocycles.